The van der Waals surface area contributed by atoms with Crippen LogP contribution in [-0.2, 0) is 0 Å². The van der Waals surface area contributed by atoms with E-state index in [0.717, 1.165) is 49.3 Å². The van der Waals surface area contributed by atoms with Gasteiger partial charge >= 0.3 is 0 Å². The van der Waals surface area contributed by atoms with Crippen molar-refractivity contribution in [1.29, 1.82) is 0 Å². The highest BCUT2D eigenvalue weighted by molar-refractivity contribution is 6.36. The largest absolute Gasteiger partial charge is 0.450 e. The summed E-state index contributed by atoms with van der Waals surface area (Å²) in [6.45, 7) is 0. The number of furan rings is 1. The fraction of sp³-hybridized carbons (Fsp3) is 0. The van der Waals surface area contributed by atoms with Gasteiger partial charge in [0.05, 0.1) is 38.6 Å². The number of benzene rings is 9. The highest BCUT2D eigenvalue weighted by atomic mass is 16.3. The maximum atomic E-state index is 6.87. The van der Waals surface area contributed by atoms with Gasteiger partial charge in [-0.15, -0.1) is 0 Å². The molecule has 0 saturated carbocycles. The molecular formula is C54H29N5O. The monoisotopic (exact) mass is 763 g/mol. The predicted molar refractivity (Wildman–Crippen MR) is 248 cm³/mol. The van der Waals surface area contributed by atoms with E-state index in [4.69, 9.17) is 14.4 Å². The number of aromatic nitrogens is 5. The summed E-state index contributed by atoms with van der Waals surface area (Å²) in [6.07, 6.45) is 0. The Labute approximate surface area is 339 Å². The van der Waals surface area contributed by atoms with Crippen LogP contribution in [0, 0.1) is 0 Å². The zero-order valence-electron chi connectivity index (χ0n) is 31.9. The van der Waals surface area contributed by atoms with Crippen LogP contribution >= 0.6 is 0 Å². The molecule has 6 heteroatoms. The molecule has 0 spiro atoms. The molecule has 0 aliphatic rings. The van der Waals surface area contributed by atoms with E-state index in [9.17, 15) is 0 Å². The van der Waals surface area contributed by atoms with Gasteiger partial charge in [0.2, 0.25) is 5.95 Å². The molecule has 0 amide bonds. The fourth-order valence-corrected chi connectivity index (χ4v) is 10.7. The Morgan fingerprint density at radius 2 is 0.983 bits per heavy atom. The van der Waals surface area contributed by atoms with E-state index in [1.807, 2.05) is 12.1 Å². The number of para-hydroxylation sites is 4. The molecule has 60 heavy (non-hydrogen) atoms. The summed E-state index contributed by atoms with van der Waals surface area (Å²) in [5.74, 6) is 1.30. The number of hydrogen-bond donors (Lipinski definition) is 0. The first-order valence-corrected chi connectivity index (χ1v) is 20.4. The quantitative estimate of drug-likeness (QED) is 0.176. The second kappa shape index (κ2) is 10.8. The second-order valence-electron chi connectivity index (χ2n) is 16.1. The fourth-order valence-electron chi connectivity index (χ4n) is 10.7. The van der Waals surface area contributed by atoms with Crippen LogP contribution in [0.4, 0.5) is 0 Å². The maximum absolute atomic E-state index is 6.87. The summed E-state index contributed by atoms with van der Waals surface area (Å²) in [7, 11) is 0. The summed E-state index contributed by atoms with van der Waals surface area (Å²) < 4.78 is 13.9. The van der Waals surface area contributed by atoms with Gasteiger partial charge < -0.3 is 8.82 Å². The first-order valence-electron chi connectivity index (χ1n) is 20.4. The van der Waals surface area contributed by atoms with Crippen molar-refractivity contribution in [3.05, 3.63) is 176 Å². The highest BCUT2D eigenvalue weighted by Crippen LogP contribution is 2.48. The molecule has 0 fully saturated rings. The molecule has 6 aromatic heterocycles. The van der Waals surface area contributed by atoms with Crippen molar-refractivity contribution in [3.63, 3.8) is 0 Å². The summed E-state index contributed by atoms with van der Waals surface area (Å²) in [6, 6.07) is 63.3. The Morgan fingerprint density at radius 1 is 0.367 bits per heavy atom. The van der Waals surface area contributed by atoms with Crippen LogP contribution in [0.1, 0.15) is 0 Å². The average Bonchev–Trinajstić information content (AvgIpc) is 4.10. The minimum Gasteiger partial charge on any atom is -0.450 e. The van der Waals surface area contributed by atoms with E-state index >= 15 is 0 Å². The lowest BCUT2D eigenvalue weighted by Crippen LogP contribution is -2.06. The summed E-state index contributed by atoms with van der Waals surface area (Å²) in [4.78, 5) is 11.1. The van der Waals surface area contributed by atoms with Crippen LogP contribution in [0.25, 0.3) is 137 Å². The van der Waals surface area contributed by atoms with E-state index in [1.165, 1.54) is 70.4 Å². The summed E-state index contributed by atoms with van der Waals surface area (Å²) in [5, 5.41) is 15.5. The third-order valence-corrected chi connectivity index (χ3v) is 13.1. The molecule has 0 radical (unpaired) electrons. The number of fused-ring (bicyclic) bond motifs is 19. The van der Waals surface area contributed by atoms with Gasteiger partial charge in [-0.1, -0.05) is 121 Å². The van der Waals surface area contributed by atoms with Gasteiger partial charge in [0.25, 0.3) is 0 Å². The third kappa shape index (κ3) is 3.71. The molecule has 0 N–H and O–H groups in total. The van der Waals surface area contributed by atoms with Gasteiger partial charge in [-0.3, -0.25) is 9.13 Å². The van der Waals surface area contributed by atoms with Crippen molar-refractivity contribution in [2.45, 2.75) is 0 Å². The van der Waals surface area contributed by atoms with Crippen LogP contribution in [-0.4, -0.2) is 23.5 Å². The van der Waals surface area contributed by atoms with E-state index in [1.54, 1.807) is 0 Å². The van der Waals surface area contributed by atoms with Crippen molar-refractivity contribution in [2.24, 2.45) is 0 Å². The van der Waals surface area contributed by atoms with E-state index in [2.05, 4.69) is 177 Å². The molecular weight excluding hydrogens is 735 g/mol. The minimum atomic E-state index is 0.593. The van der Waals surface area contributed by atoms with Crippen molar-refractivity contribution < 1.29 is 4.42 Å². The third-order valence-electron chi connectivity index (χ3n) is 13.1. The highest BCUT2D eigenvalue weighted by Gasteiger charge is 2.28. The molecule has 6 nitrogen and oxygen atoms in total. The van der Waals surface area contributed by atoms with Crippen LogP contribution < -0.4 is 0 Å². The molecule has 0 saturated heterocycles. The van der Waals surface area contributed by atoms with Crippen LogP contribution in [0.5, 0.6) is 0 Å². The topological polar surface area (TPSA) is 53.2 Å². The maximum Gasteiger partial charge on any atom is 0.237 e. The van der Waals surface area contributed by atoms with Gasteiger partial charge in [-0.25, -0.2) is 4.98 Å². The lowest BCUT2D eigenvalue weighted by Gasteiger charge is -2.12. The first kappa shape index (κ1) is 30.9. The molecule has 15 rings (SSSR count). The molecule has 6 heterocycles. The molecule has 0 aliphatic carbocycles. The Morgan fingerprint density at radius 3 is 1.78 bits per heavy atom. The van der Waals surface area contributed by atoms with E-state index < -0.39 is 0 Å². The van der Waals surface area contributed by atoms with Crippen LogP contribution in [0.15, 0.2) is 180 Å². The molecule has 0 atom stereocenters. The number of rotatable bonds is 2. The van der Waals surface area contributed by atoms with Crippen molar-refractivity contribution in [1.82, 2.24) is 23.5 Å². The van der Waals surface area contributed by atoms with Crippen molar-refractivity contribution in [2.75, 3.05) is 0 Å². The normalized spacial score (nSPS) is 12.7. The number of hydrogen-bond acceptors (Lipinski definition) is 3. The summed E-state index contributed by atoms with van der Waals surface area (Å²) >= 11 is 0. The predicted octanol–water partition coefficient (Wildman–Crippen LogP) is 14.0. The molecule has 9 aromatic carbocycles. The smallest absolute Gasteiger partial charge is 0.237 e. The standard InChI is InChI=1S/C54H29N5O/c1-2-15-32-28-44-38(27-31(32)14-1)39-29-45-48(49-36-19-7-9-21-40(36)57(44)51(39)49)35-18-6-10-22-41(35)58(45)53-52-50(37-20-8-12-24-46(37)60-52)55-54(56-53)59-42-23-11-5-17-34(42)47-33-16-4-3-13-30(33)25-26-43(47)59/h1-29H. The zero-order chi connectivity index (χ0) is 38.8. The van der Waals surface area contributed by atoms with Gasteiger partial charge in [0.1, 0.15) is 11.1 Å². The molecule has 0 unspecified atom stereocenters. The second-order valence-corrected chi connectivity index (χ2v) is 16.1. The Bertz CT molecular complexity index is 4370. The van der Waals surface area contributed by atoms with E-state index in [-0.39, 0.29) is 0 Å². The van der Waals surface area contributed by atoms with Crippen LogP contribution in [0.3, 0.4) is 0 Å². The van der Waals surface area contributed by atoms with Gasteiger partial charge in [-0.05, 0) is 76.1 Å². The zero-order valence-corrected chi connectivity index (χ0v) is 31.9. The van der Waals surface area contributed by atoms with Crippen LogP contribution in [0.2, 0.25) is 0 Å². The Balaban J connectivity index is 1.16. The molecule has 15 aromatic rings. The first-order chi connectivity index (χ1) is 29.8. The number of nitrogens with zero attached hydrogens (tertiary/aromatic N) is 5. The van der Waals surface area contributed by atoms with Gasteiger partial charge in [0.15, 0.2) is 11.4 Å². The average molecular weight is 764 g/mol. The SMILES string of the molecule is c1ccc2cc3c(cc2c1)c1cc2c(c4ccccc4n2-c2nc(-n4c5ccccc5c5c6ccccc6ccc54)nc4c2oc2ccccc24)c2c4ccccc4n3c12. The van der Waals surface area contributed by atoms with Gasteiger partial charge in [0, 0.05) is 48.5 Å². The molecule has 0 aliphatic heterocycles. The van der Waals surface area contributed by atoms with Crippen molar-refractivity contribution >= 4 is 125 Å². The summed E-state index contributed by atoms with van der Waals surface area (Å²) in [5.41, 5.74) is 10.1. The lowest BCUT2D eigenvalue weighted by molar-refractivity contribution is 0.661. The Kier molecular flexibility index (Phi) is 5.57. The Hall–Kier alpha value is -8.22. The van der Waals surface area contributed by atoms with Gasteiger partial charge in [-0.2, -0.15) is 4.98 Å². The van der Waals surface area contributed by atoms with Crippen molar-refractivity contribution in [3.8, 4) is 11.8 Å². The van der Waals surface area contributed by atoms with E-state index in [0.29, 0.717) is 17.3 Å². The molecule has 0 bridgehead atoms. The molecule has 276 valence electrons. The minimum absolute atomic E-state index is 0.593. The lowest BCUT2D eigenvalue weighted by atomic mass is 10.0.